The van der Waals surface area contributed by atoms with Crippen LogP contribution in [0.15, 0.2) is 22.7 Å². The van der Waals surface area contributed by atoms with Crippen molar-refractivity contribution in [1.29, 1.82) is 0 Å². The lowest BCUT2D eigenvalue weighted by Crippen LogP contribution is -2.60. The van der Waals surface area contributed by atoms with Crippen molar-refractivity contribution < 1.29 is 0 Å². The van der Waals surface area contributed by atoms with Gasteiger partial charge in [-0.05, 0) is 52.4 Å². The van der Waals surface area contributed by atoms with E-state index in [0.717, 1.165) is 13.1 Å². The summed E-state index contributed by atoms with van der Waals surface area (Å²) < 4.78 is 1.22. The van der Waals surface area contributed by atoms with Crippen LogP contribution in [0.4, 0.5) is 5.69 Å². The van der Waals surface area contributed by atoms with Gasteiger partial charge in [-0.25, -0.2) is 0 Å². The fourth-order valence-electron chi connectivity index (χ4n) is 3.18. The van der Waals surface area contributed by atoms with Gasteiger partial charge in [-0.1, -0.05) is 40.2 Å². The molecule has 0 amide bonds. The summed E-state index contributed by atoms with van der Waals surface area (Å²) in [6.07, 6.45) is 1.23. The van der Waals surface area contributed by atoms with Crippen LogP contribution >= 0.6 is 15.9 Å². The van der Waals surface area contributed by atoms with Crippen molar-refractivity contribution >= 4 is 21.6 Å². The number of nitrogens with zero attached hydrogens (tertiary/aromatic N) is 1. The molecule has 0 bridgehead atoms. The van der Waals surface area contributed by atoms with Crippen LogP contribution in [0, 0.1) is 18.8 Å². The predicted octanol–water partition coefficient (Wildman–Crippen LogP) is 4.61. The first-order valence-corrected chi connectivity index (χ1v) is 8.99. The topological polar surface area (TPSA) is 15.3 Å². The monoisotopic (exact) mass is 352 g/mol. The summed E-state index contributed by atoms with van der Waals surface area (Å²) in [4.78, 5) is 2.61. The first-order chi connectivity index (χ1) is 9.93. The zero-order chi connectivity index (χ0) is 15.6. The molecule has 2 rings (SSSR count). The molecule has 3 unspecified atom stereocenters. The van der Waals surface area contributed by atoms with E-state index >= 15 is 0 Å². The maximum Gasteiger partial charge on any atom is 0.0514 e. The molecule has 3 heteroatoms. The Bertz CT molecular complexity index is 472. The van der Waals surface area contributed by atoms with Gasteiger partial charge in [0.05, 0.1) is 5.69 Å². The molecule has 2 nitrogen and oxygen atoms in total. The fraction of sp³-hybridized carbons (Fsp3) is 0.667. The number of anilines is 1. The molecular weight excluding hydrogens is 324 g/mol. The average Bonchev–Trinajstić information content (AvgIpc) is 2.45. The van der Waals surface area contributed by atoms with Crippen molar-refractivity contribution in [2.45, 2.75) is 53.1 Å². The fourth-order valence-corrected chi connectivity index (χ4v) is 3.90. The van der Waals surface area contributed by atoms with Gasteiger partial charge < -0.3 is 10.2 Å². The van der Waals surface area contributed by atoms with E-state index in [2.05, 4.69) is 79.0 Å². The van der Waals surface area contributed by atoms with Gasteiger partial charge in [-0.15, -0.1) is 0 Å². The Balaban J connectivity index is 2.29. The van der Waals surface area contributed by atoms with Crippen LogP contribution in [0.1, 0.15) is 39.7 Å². The molecular formula is C18H29BrN2. The summed E-state index contributed by atoms with van der Waals surface area (Å²) in [5.41, 5.74) is 2.65. The molecule has 118 valence electrons. The number of halogens is 1. The second-order valence-corrected chi connectivity index (χ2v) is 7.67. The van der Waals surface area contributed by atoms with Crippen LogP contribution in [0.2, 0.25) is 0 Å². The van der Waals surface area contributed by atoms with Crippen molar-refractivity contribution in [3.05, 3.63) is 28.2 Å². The molecule has 1 fully saturated rings. The number of hydrogen-bond acceptors (Lipinski definition) is 2. The van der Waals surface area contributed by atoms with Gasteiger partial charge in [0.1, 0.15) is 0 Å². The van der Waals surface area contributed by atoms with Crippen LogP contribution < -0.4 is 10.2 Å². The molecule has 1 aliphatic rings. The highest BCUT2D eigenvalue weighted by molar-refractivity contribution is 9.10. The van der Waals surface area contributed by atoms with Crippen LogP contribution in [-0.4, -0.2) is 25.2 Å². The molecule has 1 heterocycles. The lowest BCUT2D eigenvalue weighted by molar-refractivity contribution is 0.281. The Morgan fingerprint density at radius 3 is 2.62 bits per heavy atom. The van der Waals surface area contributed by atoms with Gasteiger partial charge in [-0.3, -0.25) is 0 Å². The van der Waals surface area contributed by atoms with Gasteiger partial charge >= 0.3 is 0 Å². The van der Waals surface area contributed by atoms with Gasteiger partial charge in [-0.2, -0.15) is 0 Å². The minimum Gasteiger partial charge on any atom is -0.365 e. The molecule has 0 saturated carbocycles. The van der Waals surface area contributed by atoms with Crippen molar-refractivity contribution in [2.75, 3.05) is 18.0 Å². The second-order valence-electron chi connectivity index (χ2n) is 6.82. The number of nitrogens with one attached hydrogen (secondary N) is 1. The Morgan fingerprint density at radius 2 is 2.05 bits per heavy atom. The minimum absolute atomic E-state index is 0.560. The first-order valence-electron chi connectivity index (χ1n) is 8.20. The number of piperazine rings is 1. The summed E-state index contributed by atoms with van der Waals surface area (Å²) in [5.74, 6) is 1.36. The highest BCUT2D eigenvalue weighted by Crippen LogP contribution is 2.32. The highest BCUT2D eigenvalue weighted by Gasteiger charge is 2.32. The Labute approximate surface area is 138 Å². The predicted molar refractivity (Wildman–Crippen MR) is 96.1 cm³/mol. The Morgan fingerprint density at radius 1 is 1.33 bits per heavy atom. The molecule has 3 atom stereocenters. The van der Waals surface area contributed by atoms with E-state index in [1.165, 1.54) is 22.1 Å². The van der Waals surface area contributed by atoms with Crippen molar-refractivity contribution in [3.63, 3.8) is 0 Å². The van der Waals surface area contributed by atoms with E-state index in [-0.39, 0.29) is 0 Å². The molecule has 0 spiro atoms. The van der Waals surface area contributed by atoms with Crippen LogP contribution in [0.25, 0.3) is 0 Å². The van der Waals surface area contributed by atoms with Crippen molar-refractivity contribution in [1.82, 2.24) is 5.32 Å². The first kappa shape index (κ1) is 16.8. The average molecular weight is 353 g/mol. The molecule has 1 N–H and O–H groups in total. The SMILES string of the molecule is CCC(C)C1CN(c2ccc(C)cc2Br)C(C(C)C)CN1. The van der Waals surface area contributed by atoms with Crippen LogP contribution in [0.5, 0.6) is 0 Å². The number of hydrogen-bond donors (Lipinski definition) is 1. The smallest absolute Gasteiger partial charge is 0.0514 e. The molecule has 0 radical (unpaired) electrons. The molecule has 0 aromatic heterocycles. The van der Waals surface area contributed by atoms with Crippen molar-refractivity contribution in [2.24, 2.45) is 11.8 Å². The van der Waals surface area contributed by atoms with Crippen LogP contribution in [-0.2, 0) is 0 Å². The summed E-state index contributed by atoms with van der Waals surface area (Å²) in [6, 6.07) is 7.86. The van der Waals surface area contributed by atoms with E-state index in [0.29, 0.717) is 23.9 Å². The second kappa shape index (κ2) is 7.15. The van der Waals surface area contributed by atoms with Gasteiger partial charge in [0.15, 0.2) is 0 Å². The van der Waals surface area contributed by atoms with E-state index in [4.69, 9.17) is 0 Å². The maximum absolute atomic E-state index is 3.77. The number of benzene rings is 1. The standard InChI is InChI=1S/C18H29BrN2/c1-6-14(5)16-11-21(18(10-20-16)12(2)3)17-8-7-13(4)9-15(17)19/h7-9,12,14,16,18,20H,6,10-11H2,1-5H3. The highest BCUT2D eigenvalue weighted by atomic mass is 79.9. The number of rotatable bonds is 4. The molecule has 21 heavy (non-hydrogen) atoms. The zero-order valence-electron chi connectivity index (χ0n) is 14.0. The van der Waals surface area contributed by atoms with E-state index in [1.54, 1.807) is 0 Å². The van der Waals surface area contributed by atoms with Crippen molar-refractivity contribution in [3.8, 4) is 0 Å². The summed E-state index contributed by atoms with van der Waals surface area (Å²) in [6.45, 7) is 13.6. The van der Waals surface area contributed by atoms with E-state index in [9.17, 15) is 0 Å². The quantitative estimate of drug-likeness (QED) is 0.851. The molecule has 1 aliphatic heterocycles. The summed E-state index contributed by atoms with van der Waals surface area (Å²) >= 11 is 3.77. The van der Waals surface area contributed by atoms with Crippen LogP contribution in [0.3, 0.4) is 0 Å². The molecule has 1 aromatic rings. The van der Waals surface area contributed by atoms with E-state index < -0.39 is 0 Å². The Kier molecular flexibility index (Phi) is 5.73. The summed E-state index contributed by atoms with van der Waals surface area (Å²) in [5, 5.41) is 3.77. The third-order valence-corrected chi connectivity index (χ3v) is 5.53. The summed E-state index contributed by atoms with van der Waals surface area (Å²) in [7, 11) is 0. The van der Waals surface area contributed by atoms with Gasteiger partial charge in [0.25, 0.3) is 0 Å². The molecule has 0 aliphatic carbocycles. The lowest BCUT2D eigenvalue weighted by atomic mass is 9.91. The third kappa shape index (κ3) is 3.81. The Hall–Kier alpha value is -0.540. The molecule has 1 saturated heterocycles. The molecule has 1 aromatic carbocycles. The lowest BCUT2D eigenvalue weighted by Gasteiger charge is -2.45. The van der Waals surface area contributed by atoms with Gasteiger partial charge in [0.2, 0.25) is 0 Å². The normalized spacial score (nSPS) is 24.4. The zero-order valence-corrected chi connectivity index (χ0v) is 15.6. The minimum atomic E-state index is 0.560. The van der Waals surface area contributed by atoms with E-state index in [1.807, 2.05) is 0 Å². The third-order valence-electron chi connectivity index (χ3n) is 4.90. The largest absolute Gasteiger partial charge is 0.365 e. The van der Waals surface area contributed by atoms with Gasteiger partial charge in [0, 0.05) is 29.6 Å². The maximum atomic E-state index is 3.77. The number of aryl methyl sites for hydroxylation is 1.